The summed E-state index contributed by atoms with van der Waals surface area (Å²) in [6, 6.07) is 7.80. The van der Waals surface area contributed by atoms with Crippen LogP contribution in [-0.2, 0) is 11.2 Å². The molecule has 1 aliphatic carbocycles. The largest absolute Gasteiger partial charge is 0.494 e. The van der Waals surface area contributed by atoms with Gasteiger partial charge in [-0.2, -0.15) is 0 Å². The fraction of sp³-hybridized carbons (Fsp3) is 0.533. The quantitative estimate of drug-likeness (QED) is 0.782. The van der Waals surface area contributed by atoms with Gasteiger partial charge in [0.25, 0.3) is 0 Å². The van der Waals surface area contributed by atoms with Gasteiger partial charge < -0.3 is 15.8 Å². The molecule has 1 aromatic carbocycles. The zero-order valence-electron chi connectivity index (χ0n) is 11.4. The Morgan fingerprint density at radius 1 is 1.42 bits per heavy atom. The number of hydrogen-bond acceptors (Lipinski definition) is 3. The molecule has 0 spiro atoms. The van der Waals surface area contributed by atoms with Crippen molar-refractivity contribution in [2.45, 2.75) is 32.2 Å². The summed E-state index contributed by atoms with van der Waals surface area (Å²) < 4.78 is 5.37. The fourth-order valence-corrected chi connectivity index (χ4v) is 2.18. The van der Waals surface area contributed by atoms with E-state index >= 15 is 0 Å². The number of carbonyl (C=O) groups excluding carboxylic acids is 1. The molecule has 2 rings (SSSR count). The highest BCUT2D eigenvalue weighted by Crippen LogP contribution is 2.32. The lowest BCUT2D eigenvalue weighted by Crippen LogP contribution is -2.42. The number of rotatable bonds is 7. The normalized spacial score (nSPS) is 15.9. The Hall–Kier alpha value is -1.55. The number of amides is 1. The Morgan fingerprint density at radius 3 is 2.63 bits per heavy atom. The van der Waals surface area contributed by atoms with Gasteiger partial charge in [0.15, 0.2) is 0 Å². The van der Waals surface area contributed by atoms with E-state index in [1.807, 2.05) is 31.2 Å². The summed E-state index contributed by atoms with van der Waals surface area (Å²) in [7, 11) is 0. The first kappa shape index (κ1) is 13.9. The Kier molecular flexibility index (Phi) is 4.80. The molecule has 0 aliphatic heterocycles. The summed E-state index contributed by atoms with van der Waals surface area (Å²) in [6.45, 7) is 3.13. The minimum absolute atomic E-state index is 0.0477. The lowest BCUT2D eigenvalue weighted by Gasteiger charge is -2.16. The van der Waals surface area contributed by atoms with Gasteiger partial charge in [0.1, 0.15) is 5.75 Å². The van der Waals surface area contributed by atoms with Crippen molar-refractivity contribution in [2.75, 3.05) is 13.2 Å². The van der Waals surface area contributed by atoms with Crippen LogP contribution in [0.4, 0.5) is 0 Å². The first-order valence-corrected chi connectivity index (χ1v) is 6.94. The van der Waals surface area contributed by atoms with E-state index in [1.165, 1.54) is 12.8 Å². The summed E-state index contributed by atoms with van der Waals surface area (Å²) in [6.07, 6.45) is 2.77. The molecule has 19 heavy (non-hydrogen) atoms. The van der Waals surface area contributed by atoms with Gasteiger partial charge in [0.05, 0.1) is 13.0 Å². The lowest BCUT2D eigenvalue weighted by molar-refractivity contribution is -0.121. The maximum atomic E-state index is 11.9. The number of benzene rings is 1. The number of ether oxygens (including phenoxy) is 1. The van der Waals surface area contributed by atoms with Crippen molar-refractivity contribution in [3.05, 3.63) is 29.8 Å². The van der Waals surface area contributed by atoms with Gasteiger partial charge in [-0.15, -0.1) is 0 Å². The standard InChI is InChI=1S/C15H22N2O2/c1-2-19-13-7-3-11(4-8-13)9-15(18)17-14(10-16)12-5-6-12/h3-4,7-8,12,14H,2,5-6,9-10,16H2,1H3,(H,17,18). The highest BCUT2D eigenvalue weighted by Gasteiger charge is 2.31. The Bertz CT molecular complexity index is 413. The van der Waals surface area contributed by atoms with Crippen molar-refractivity contribution < 1.29 is 9.53 Å². The SMILES string of the molecule is CCOc1ccc(CC(=O)NC(CN)C2CC2)cc1. The van der Waals surface area contributed by atoms with E-state index in [9.17, 15) is 4.79 Å². The lowest BCUT2D eigenvalue weighted by atomic mass is 10.1. The predicted molar refractivity (Wildman–Crippen MR) is 75.0 cm³/mol. The van der Waals surface area contributed by atoms with Crippen LogP contribution in [0.15, 0.2) is 24.3 Å². The van der Waals surface area contributed by atoms with E-state index in [-0.39, 0.29) is 11.9 Å². The van der Waals surface area contributed by atoms with Crippen molar-refractivity contribution >= 4 is 5.91 Å². The first-order valence-electron chi connectivity index (χ1n) is 6.94. The summed E-state index contributed by atoms with van der Waals surface area (Å²) in [5.74, 6) is 1.48. The number of hydrogen-bond donors (Lipinski definition) is 2. The van der Waals surface area contributed by atoms with Crippen molar-refractivity contribution in [3.8, 4) is 5.75 Å². The second kappa shape index (κ2) is 6.57. The van der Waals surface area contributed by atoms with Gasteiger partial charge in [-0.3, -0.25) is 4.79 Å². The highest BCUT2D eigenvalue weighted by atomic mass is 16.5. The van der Waals surface area contributed by atoms with Crippen molar-refractivity contribution in [1.29, 1.82) is 0 Å². The molecular formula is C15H22N2O2. The summed E-state index contributed by atoms with van der Waals surface area (Å²) >= 11 is 0. The van der Waals surface area contributed by atoms with Gasteiger partial charge in [0.2, 0.25) is 5.91 Å². The van der Waals surface area contributed by atoms with Crippen molar-refractivity contribution in [2.24, 2.45) is 11.7 Å². The molecule has 3 N–H and O–H groups in total. The second-order valence-corrected chi connectivity index (χ2v) is 5.00. The average Bonchev–Trinajstić information content (AvgIpc) is 3.23. The average molecular weight is 262 g/mol. The van der Waals surface area contributed by atoms with Crippen LogP contribution >= 0.6 is 0 Å². The Balaban J connectivity index is 1.83. The molecule has 4 nitrogen and oxygen atoms in total. The minimum Gasteiger partial charge on any atom is -0.494 e. The number of nitrogens with one attached hydrogen (secondary N) is 1. The molecule has 104 valence electrons. The third-order valence-electron chi connectivity index (χ3n) is 3.39. The molecule has 1 fully saturated rings. The number of nitrogens with two attached hydrogens (primary N) is 1. The van der Waals surface area contributed by atoms with E-state index in [0.29, 0.717) is 25.5 Å². The molecule has 0 aromatic heterocycles. The monoisotopic (exact) mass is 262 g/mol. The highest BCUT2D eigenvalue weighted by molar-refractivity contribution is 5.79. The van der Waals surface area contributed by atoms with Crippen LogP contribution in [0.3, 0.4) is 0 Å². The van der Waals surface area contributed by atoms with E-state index < -0.39 is 0 Å². The van der Waals surface area contributed by atoms with Gasteiger partial charge in [-0.05, 0) is 43.4 Å². The van der Waals surface area contributed by atoms with Crippen LogP contribution in [0.2, 0.25) is 0 Å². The first-order chi connectivity index (χ1) is 9.22. The van der Waals surface area contributed by atoms with Gasteiger partial charge in [-0.25, -0.2) is 0 Å². The Morgan fingerprint density at radius 2 is 2.11 bits per heavy atom. The van der Waals surface area contributed by atoms with Crippen LogP contribution in [0.25, 0.3) is 0 Å². The molecule has 1 unspecified atom stereocenters. The molecule has 1 aromatic rings. The van der Waals surface area contributed by atoms with Crippen LogP contribution in [0.5, 0.6) is 5.75 Å². The van der Waals surface area contributed by atoms with Crippen LogP contribution in [0, 0.1) is 5.92 Å². The van der Waals surface area contributed by atoms with Gasteiger partial charge >= 0.3 is 0 Å². The molecule has 1 amide bonds. The van der Waals surface area contributed by atoms with E-state index in [4.69, 9.17) is 10.5 Å². The van der Waals surface area contributed by atoms with Crippen LogP contribution in [0.1, 0.15) is 25.3 Å². The van der Waals surface area contributed by atoms with E-state index in [0.717, 1.165) is 11.3 Å². The van der Waals surface area contributed by atoms with Gasteiger partial charge in [-0.1, -0.05) is 12.1 Å². The number of carbonyl (C=O) groups is 1. The topological polar surface area (TPSA) is 64.3 Å². The van der Waals surface area contributed by atoms with Crippen LogP contribution in [-0.4, -0.2) is 25.1 Å². The third-order valence-corrected chi connectivity index (χ3v) is 3.39. The summed E-state index contributed by atoms with van der Waals surface area (Å²) in [5, 5.41) is 3.02. The molecule has 0 radical (unpaired) electrons. The molecular weight excluding hydrogens is 240 g/mol. The van der Waals surface area contributed by atoms with Crippen molar-refractivity contribution in [3.63, 3.8) is 0 Å². The summed E-state index contributed by atoms with van der Waals surface area (Å²) in [5.41, 5.74) is 6.67. The van der Waals surface area contributed by atoms with Crippen LogP contribution < -0.4 is 15.8 Å². The van der Waals surface area contributed by atoms with E-state index in [2.05, 4.69) is 5.32 Å². The zero-order chi connectivity index (χ0) is 13.7. The fourth-order valence-electron chi connectivity index (χ4n) is 2.18. The second-order valence-electron chi connectivity index (χ2n) is 5.00. The molecule has 4 heteroatoms. The minimum atomic E-state index is 0.0477. The van der Waals surface area contributed by atoms with E-state index in [1.54, 1.807) is 0 Å². The molecule has 1 aliphatic rings. The Labute approximate surface area is 114 Å². The van der Waals surface area contributed by atoms with Crippen molar-refractivity contribution in [1.82, 2.24) is 5.32 Å². The molecule has 1 saturated carbocycles. The molecule has 0 bridgehead atoms. The molecule has 0 heterocycles. The summed E-state index contributed by atoms with van der Waals surface area (Å²) in [4.78, 5) is 11.9. The third kappa shape index (κ3) is 4.24. The maximum Gasteiger partial charge on any atom is 0.224 e. The maximum absolute atomic E-state index is 11.9. The zero-order valence-corrected chi connectivity index (χ0v) is 11.4. The molecule has 1 atom stereocenters. The smallest absolute Gasteiger partial charge is 0.224 e. The predicted octanol–water partition coefficient (Wildman–Crippen LogP) is 1.48. The molecule has 0 saturated heterocycles. The van der Waals surface area contributed by atoms with Gasteiger partial charge in [0, 0.05) is 12.6 Å².